The Labute approximate surface area is 98.6 Å². The first-order valence-corrected chi connectivity index (χ1v) is 4.95. The summed E-state index contributed by atoms with van der Waals surface area (Å²) in [6, 6.07) is -1.06. The lowest BCUT2D eigenvalue weighted by molar-refractivity contribution is -0.139. The van der Waals surface area contributed by atoms with Crippen LogP contribution in [0.3, 0.4) is 0 Å². The van der Waals surface area contributed by atoms with Crippen molar-refractivity contribution in [1.82, 2.24) is 0 Å². The molecule has 6 N–H and O–H groups in total. The fourth-order valence-corrected chi connectivity index (χ4v) is 0.634. The maximum atomic E-state index is 9.99. The third-order valence-corrected chi connectivity index (χ3v) is 1.46. The van der Waals surface area contributed by atoms with Crippen molar-refractivity contribution in [2.45, 2.75) is 18.9 Å². The van der Waals surface area contributed by atoms with Gasteiger partial charge < -0.3 is 30.9 Å². The van der Waals surface area contributed by atoms with Gasteiger partial charge in [0, 0.05) is 6.42 Å². The number of ether oxygens (including phenoxy) is 1. The standard InChI is InChI=1S/C5H9NO4.C4H10O3/c6-3(5(9)10)1-2-4(7)8;5-1-3-7-4-2-6/h3H,1-2,6H2,(H,7,8)(H,9,10);5-6H,1-4H2/t3-;/m0./s1. The Morgan fingerprint density at radius 2 is 1.59 bits per heavy atom. The lowest BCUT2D eigenvalue weighted by atomic mass is 10.2. The molecule has 102 valence electrons. The molecule has 17 heavy (non-hydrogen) atoms. The van der Waals surface area contributed by atoms with Gasteiger partial charge >= 0.3 is 11.9 Å². The summed E-state index contributed by atoms with van der Waals surface area (Å²) in [7, 11) is 0. The van der Waals surface area contributed by atoms with Crippen LogP contribution in [-0.2, 0) is 14.3 Å². The van der Waals surface area contributed by atoms with Gasteiger partial charge in [-0.2, -0.15) is 0 Å². The highest BCUT2D eigenvalue weighted by atomic mass is 16.5. The van der Waals surface area contributed by atoms with Crippen LogP contribution in [0.4, 0.5) is 0 Å². The molecule has 1 atom stereocenters. The van der Waals surface area contributed by atoms with Crippen LogP contribution in [0.15, 0.2) is 0 Å². The van der Waals surface area contributed by atoms with Crippen molar-refractivity contribution in [2.24, 2.45) is 5.73 Å². The Kier molecular flexibility index (Phi) is 13.7. The molecule has 0 aliphatic carbocycles. The van der Waals surface area contributed by atoms with E-state index in [2.05, 4.69) is 4.74 Å². The van der Waals surface area contributed by atoms with E-state index < -0.39 is 18.0 Å². The van der Waals surface area contributed by atoms with E-state index in [1.54, 1.807) is 0 Å². The van der Waals surface area contributed by atoms with Gasteiger partial charge in [0.15, 0.2) is 0 Å². The quantitative estimate of drug-likeness (QED) is 0.319. The lowest BCUT2D eigenvalue weighted by Crippen LogP contribution is -2.30. The second-order valence-electron chi connectivity index (χ2n) is 2.94. The number of carbonyl (C=O) groups is 2. The van der Waals surface area contributed by atoms with Crippen molar-refractivity contribution in [3.8, 4) is 0 Å². The number of carboxylic acid groups (broad SMARTS) is 2. The molecular formula is C9H19NO7. The van der Waals surface area contributed by atoms with E-state index in [0.717, 1.165) is 0 Å². The van der Waals surface area contributed by atoms with E-state index in [4.69, 9.17) is 26.2 Å². The summed E-state index contributed by atoms with van der Waals surface area (Å²) in [5.74, 6) is -2.20. The molecule has 0 aromatic carbocycles. The number of aliphatic hydroxyl groups is 2. The Balaban J connectivity index is 0. The summed E-state index contributed by atoms with van der Waals surface area (Å²) < 4.78 is 4.63. The average molecular weight is 253 g/mol. The van der Waals surface area contributed by atoms with E-state index in [0.29, 0.717) is 13.2 Å². The normalized spacial score (nSPS) is 11.2. The van der Waals surface area contributed by atoms with Gasteiger partial charge in [-0.1, -0.05) is 0 Å². The van der Waals surface area contributed by atoms with Gasteiger partial charge in [-0.25, -0.2) is 0 Å². The van der Waals surface area contributed by atoms with Gasteiger partial charge in [0.25, 0.3) is 0 Å². The number of carboxylic acids is 2. The Morgan fingerprint density at radius 3 is 1.88 bits per heavy atom. The Morgan fingerprint density at radius 1 is 1.12 bits per heavy atom. The maximum absolute atomic E-state index is 9.99. The van der Waals surface area contributed by atoms with Crippen LogP contribution in [0.2, 0.25) is 0 Å². The van der Waals surface area contributed by atoms with Crippen LogP contribution in [-0.4, -0.2) is 64.8 Å². The highest BCUT2D eigenvalue weighted by molar-refractivity contribution is 5.74. The first kappa shape index (κ1) is 18.2. The van der Waals surface area contributed by atoms with Gasteiger partial charge in [0.05, 0.1) is 26.4 Å². The molecule has 0 aromatic heterocycles. The van der Waals surface area contributed by atoms with Gasteiger partial charge in [-0.15, -0.1) is 0 Å². The number of aliphatic carboxylic acids is 2. The number of aliphatic hydroxyl groups excluding tert-OH is 2. The molecule has 0 bridgehead atoms. The second-order valence-corrected chi connectivity index (χ2v) is 2.94. The van der Waals surface area contributed by atoms with E-state index >= 15 is 0 Å². The highest BCUT2D eigenvalue weighted by Gasteiger charge is 2.12. The summed E-state index contributed by atoms with van der Waals surface area (Å²) in [5.41, 5.74) is 5.00. The third kappa shape index (κ3) is 17.4. The first-order chi connectivity index (χ1) is 7.95. The van der Waals surface area contributed by atoms with Crippen LogP contribution in [0.25, 0.3) is 0 Å². The number of nitrogens with two attached hydrogens (primary N) is 1. The zero-order chi connectivity index (χ0) is 13.7. The van der Waals surface area contributed by atoms with E-state index in [1.165, 1.54) is 0 Å². The largest absolute Gasteiger partial charge is 0.481 e. The molecule has 0 aromatic rings. The second kappa shape index (κ2) is 12.8. The molecule has 0 saturated carbocycles. The summed E-state index contributed by atoms with van der Waals surface area (Å²) in [6.07, 6.45) is -0.224. The van der Waals surface area contributed by atoms with E-state index in [1.807, 2.05) is 0 Å². The smallest absolute Gasteiger partial charge is 0.320 e. The lowest BCUT2D eigenvalue weighted by Gasteiger charge is -2.01. The molecule has 0 unspecified atom stereocenters. The molecule has 0 radical (unpaired) electrons. The van der Waals surface area contributed by atoms with Crippen LogP contribution in [0.5, 0.6) is 0 Å². The van der Waals surface area contributed by atoms with Gasteiger partial charge in [-0.05, 0) is 6.42 Å². The predicted octanol–water partition coefficient (Wildman–Crippen LogP) is -1.75. The summed E-state index contributed by atoms with van der Waals surface area (Å²) >= 11 is 0. The fraction of sp³-hybridized carbons (Fsp3) is 0.778. The molecule has 8 nitrogen and oxygen atoms in total. The zero-order valence-electron chi connectivity index (χ0n) is 9.41. The number of rotatable bonds is 8. The van der Waals surface area contributed by atoms with E-state index in [9.17, 15) is 9.59 Å². The molecule has 0 heterocycles. The number of hydrogen-bond donors (Lipinski definition) is 5. The predicted molar refractivity (Wildman–Crippen MR) is 57.5 cm³/mol. The van der Waals surface area contributed by atoms with Gasteiger partial charge in [0.2, 0.25) is 0 Å². The molecule has 0 aliphatic heterocycles. The molecule has 8 heteroatoms. The van der Waals surface area contributed by atoms with Crippen LogP contribution >= 0.6 is 0 Å². The SMILES string of the molecule is N[C@@H](CCC(=O)O)C(=O)O.OCCOCCO. The van der Waals surface area contributed by atoms with Crippen LogP contribution in [0.1, 0.15) is 12.8 Å². The minimum Gasteiger partial charge on any atom is -0.481 e. The average Bonchev–Trinajstić information content (AvgIpc) is 2.27. The highest BCUT2D eigenvalue weighted by Crippen LogP contribution is 1.93. The zero-order valence-corrected chi connectivity index (χ0v) is 9.41. The van der Waals surface area contributed by atoms with Gasteiger partial charge in [0.1, 0.15) is 6.04 Å². The van der Waals surface area contributed by atoms with Crippen LogP contribution < -0.4 is 5.73 Å². The number of hydrogen-bond acceptors (Lipinski definition) is 6. The molecule has 0 amide bonds. The molecule has 0 saturated heterocycles. The van der Waals surface area contributed by atoms with Crippen molar-refractivity contribution in [2.75, 3.05) is 26.4 Å². The summed E-state index contributed by atoms with van der Waals surface area (Å²) in [5, 5.41) is 32.4. The Hall–Kier alpha value is -1.22. The summed E-state index contributed by atoms with van der Waals surface area (Å²) in [6.45, 7) is 0.696. The molecular weight excluding hydrogens is 234 g/mol. The Bertz CT molecular complexity index is 206. The fourth-order valence-electron chi connectivity index (χ4n) is 0.634. The molecule has 0 aliphatic rings. The van der Waals surface area contributed by atoms with Crippen LogP contribution in [0, 0.1) is 0 Å². The maximum Gasteiger partial charge on any atom is 0.320 e. The first-order valence-electron chi connectivity index (χ1n) is 4.95. The molecule has 0 spiro atoms. The van der Waals surface area contributed by atoms with Gasteiger partial charge in [-0.3, -0.25) is 9.59 Å². The van der Waals surface area contributed by atoms with Crippen molar-refractivity contribution in [3.05, 3.63) is 0 Å². The van der Waals surface area contributed by atoms with E-state index in [-0.39, 0.29) is 26.1 Å². The summed E-state index contributed by atoms with van der Waals surface area (Å²) in [4.78, 5) is 19.9. The minimum atomic E-state index is -1.17. The topological polar surface area (TPSA) is 150 Å². The third-order valence-electron chi connectivity index (χ3n) is 1.46. The molecule has 0 fully saturated rings. The van der Waals surface area contributed by atoms with Crippen molar-refractivity contribution in [1.29, 1.82) is 0 Å². The molecule has 0 rings (SSSR count). The van der Waals surface area contributed by atoms with Crippen molar-refractivity contribution < 1.29 is 34.8 Å². The van der Waals surface area contributed by atoms with Crippen molar-refractivity contribution in [3.63, 3.8) is 0 Å². The minimum absolute atomic E-state index is 0.0231. The monoisotopic (exact) mass is 253 g/mol. The van der Waals surface area contributed by atoms with Crippen molar-refractivity contribution >= 4 is 11.9 Å².